The largest absolute Gasteiger partial charge is 0.494 e. The number of dihydropyridines is 1. The van der Waals surface area contributed by atoms with Gasteiger partial charge in [-0.3, -0.25) is 4.79 Å². The molecule has 5 heteroatoms. The second kappa shape index (κ2) is 9.07. The first-order valence-electron chi connectivity index (χ1n) is 10.9. The molecule has 162 valence electrons. The van der Waals surface area contributed by atoms with Crippen molar-refractivity contribution in [3.63, 3.8) is 0 Å². The van der Waals surface area contributed by atoms with Crippen LogP contribution in [-0.4, -0.2) is 25.0 Å². The van der Waals surface area contributed by atoms with Crippen LogP contribution in [0.5, 0.6) is 5.75 Å². The summed E-state index contributed by atoms with van der Waals surface area (Å²) >= 11 is 0. The Balaban J connectivity index is 2.02. The maximum Gasteiger partial charge on any atom is 0.336 e. The molecule has 1 unspecified atom stereocenters. The number of unbranched alkanes of at least 4 members (excludes halogenated alkanes) is 1. The van der Waals surface area contributed by atoms with Gasteiger partial charge in [-0.05, 0) is 49.8 Å². The van der Waals surface area contributed by atoms with E-state index in [1.165, 1.54) is 0 Å². The number of carbonyl (C=O) groups is 2. The van der Waals surface area contributed by atoms with Crippen LogP contribution in [0.15, 0.2) is 46.8 Å². The van der Waals surface area contributed by atoms with Crippen molar-refractivity contribution in [1.29, 1.82) is 0 Å². The van der Waals surface area contributed by atoms with Gasteiger partial charge in [0.25, 0.3) is 0 Å². The molecule has 1 heterocycles. The lowest BCUT2D eigenvalue weighted by molar-refractivity contribution is -0.138. The topological polar surface area (TPSA) is 64.6 Å². The SMILES string of the molecule is CCCCOc1ccc(C2C(C(=O)OCC)=C(C)NC3=C2C(=O)CC(C)(C)C3)cc1. The molecule has 0 saturated heterocycles. The van der Waals surface area contributed by atoms with Crippen LogP contribution in [0.25, 0.3) is 0 Å². The summed E-state index contributed by atoms with van der Waals surface area (Å²) in [5.74, 6) is 0.0923. The minimum Gasteiger partial charge on any atom is -0.494 e. The Morgan fingerprint density at radius 1 is 1.17 bits per heavy atom. The third-order valence-corrected chi connectivity index (χ3v) is 5.72. The highest BCUT2D eigenvalue weighted by atomic mass is 16.5. The van der Waals surface area contributed by atoms with Gasteiger partial charge in [0.2, 0.25) is 0 Å². The fourth-order valence-corrected chi connectivity index (χ4v) is 4.34. The minimum absolute atomic E-state index is 0.0938. The number of carbonyl (C=O) groups excluding carboxylic acids is 2. The molecule has 1 atom stereocenters. The number of ether oxygens (including phenoxy) is 2. The van der Waals surface area contributed by atoms with Crippen molar-refractivity contribution >= 4 is 11.8 Å². The van der Waals surface area contributed by atoms with E-state index in [4.69, 9.17) is 9.47 Å². The first-order valence-corrected chi connectivity index (χ1v) is 10.9. The molecule has 0 radical (unpaired) electrons. The predicted molar refractivity (Wildman–Crippen MR) is 117 cm³/mol. The molecule has 0 bridgehead atoms. The van der Waals surface area contributed by atoms with E-state index < -0.39 is 5.92 Å². The van der Waals surface area contributed by atoms with E-state index in [-0.39, 0.29) is 17.2 Å². The summed E-state index contributed by atoms with van der Waals surface area (Å²) in [7, 11) is 0. The van der Waals surface area contributed by atoms with Crippen molar-refractivity contribution in [3.8, 4) is 5.75 Å². The van der Waals surface area contributed by atoms with Crippen LogP contribution in [0, 0.1) is 5.41 Å². The van der Waals surface area contributed by atoms with Crippen LogP contribution in [0.1, 0.15) is 71.8 Å². The maximum atomic E-state index is 13.2. The molecular weight excluding hydrogens is 378 g/mol. The lowest BCUT2D eigenvalue weighted by Crippen LogP contribution is -2.38. The number of nitrogens with one attached hydrogen (secondary N) is 1. The molecule has 1 aliphatic carbocycles. The van der Waals surface area contributed by atoms with E-state index >= 15 is 0 Å². The second-order valence-electron chi connectivity index (χ2n) is 8.92. The van der Waals surface area contributed by atoms with Crippen LogP contribution in [0.2, 0.25) is 0 Å². The van der Waals surface area contributed by atoms with E-state index in [1.54, 1.807) is 6.92 Å². The lowest BCUT2D eigenvalue weighted by atomic mass is 9.68. The number of Topliss-reactive ketones (excluding diaryl/α,β-unsaturated/α-hetero) is 1. The quantitative estimate of drug-likeness (QED) is 0.503. The number of hydrogen-bond acceptors (Lipinski definition) is 5. The molecule has 5 nitrogen and oxygen atoms in total. The molecule has 0 spiro atoms. The number of esters is 1. The van der Waals surface area contributed by atoms with E-state index in [0.29, 0.717) is 30.8 Å². The molecule has 3 rings (SSSR count). The zero-order valence-corrected chi connectivity index (χ0v) is 18.8. The van der Waals surface area contributed by atoms with Crippen molar-refractivity contribution in [2.75, 3.05) is 13.2 Å². The van der Waals surface area contributed by atoms with Crippen molar-refractivity contribution in [2.24, 2.45) is 5.41 Å². The highest BCUT2D eigenvalue weighted by molar-refractivity contribution is 6.04. The summed E-state index contributed by atoms with van der Waals surface area (Å²) in [6.45, 7) is 11.0. The van der Waals surface area contributed by atoms with E-state index in [1.807, 2.05) is 31.2 Å². The van der Waals surface area contributed by atoms with Gasteiger partial charge in [-0.1, -0.05) is 39.3 Å². The highest BCUT2D eigenvalue weighted by Gasteiger charge is 2.43. The Kier molecular flexibility index (Phi) is 6.69. The van der Waals surface area contributed by atoms with Gasteiger partial charge in [-0.25, -0.2) is 4.79 Å². The summed E-state index contributed by atoms with van der Waals surface area (Å²) in [6, 6.07) is 7.76. The molecule has 1 aromatic rings. The third kappa shape index (κ3) is 4.61. The summed E-state index contributed by atoms with van der Waals surface area (Å²) < 4.78 is 11.1. The maximum absolute atomic E-state index is 13.2. The Bertz CT molecular complexity index is 877. The first-order chi connectivity index (χ1) is 14.3. The summed E-state index contributed by atoms with van der Waals surface area (Å²) in [5.41, 5.74) is 3.70. The van der Waals surface area contributed by atoms with Crippen molar-refractivity contribution in [1.82, 2.24) is 5.32 Å². The molecule has 0 saturated carbocycles. The number of benzene rings is 1. The number of hydrogen-bond donors (Lipinski definition) is 1. The van der Waals surface area contributed by atoms with Crippen molar-refractivity contribution < 1.29 is 19.1 Å². The Morgan fingerprint density at radius 3 is 2.50 bits per heavy atom. The zero-order valence-electron chi connectivity index (χ0n) is 18.8. The Labute approximate surface area is 179 Å². The highest BCUT2D eigenvalue weighted by Crippen LogP contribution is 2.46. The van der Waals surface area contributed by atoms with Crippen LogP contribution in [0.4, 0.5) is 0 Å². The summed E-state index contributed by atoms with van der Waals surface area (Å²) in [6.07, 6.45) is 3.33. The first kappa shape index (κ1) is 22.1. The average molecular weight is 412 g/mol. The van der Waals surface area contributed by atoms with E-state index in [0.717, 1.165) is 42.0 Å². The molecule has 1 N–H and O–H groups in total. The van der Waals surface area contributed by atoms with Gasteiger partial charge in [0.15, 0.2) is 5.78 Å². The summed E-state index contributed by atoms with van der Waals surface area (Å²) in [5, 5.41) is 3.35. The normalized spacial score (nSPS) is 20.6. The zero-order chi connectivity index (χ0) is 21.9. The molecular formula is C25H33NO4. The van der Waals surface area contributed by atoms with Crippen LogP contribution < -0.4 is 10.1 Å². The van der Waals surface area contributed by atoms with Gasteiger partial charge in [-0.15, -0.1) is 0 Å². The minimum atomic E-state index is -0.423. The lowest BCUT2D eigenvalue weighted by Gasteiger charge is -2.39. The second-order valence-corrected chi connectivity index (χ2v) is 8.92. The van der Waals surface area contributed by atoms with Crippen LogP contribution >= 0.6 is 0 Å². The molecule has 1 aliphatic heterocycles. The van der Waals surface area contributed by atoms with Gasteiger partial charge in [0, 0.05) is 29.3 Å². The van der Waals surface area contributed by atoms with E-state index in [9.17, 15) is 9.59 Å². The molecule has 1 aromatic carbocycles. The number of rotatable bonds is 7. The molecule has 0 fully saturated rings. The fourth-order valence-electron chi connectivity index (χ4n) is 4.34. The van der Waals surface area contributed by atoms with Gasteiger partial charge >= 0.3 is 5.97 Å². The van der Waals surface area contributed by atoms with Crippen molar-refractivity contribution in [3.05, 3.63) is 52.4 Å². The molecule has 0 aromatic heterocycles. The standard InChI is InChI=1S/C25H33NO4/c1-6-8-13-30-18-11-9-17(10-12-18)22-21(24(28)29-7-2)16(3)26-19-14-25(4,5)15-20(27)23(19)22/h9-12,22,26H,6-8,13-15H2,1-5H3. The monoisotopic (exact) mass is 411 g/mol. The molecule has 30 heavy (non-hydrogen) atoms. The van der Waals surface area contributed by atoms with Gasteiger partial charge < -0.3 is 14.8 Å². The third-order valence-electron chi connectivity index (χ3n) is 5.72. The number of ketones is 1. The molecule has 2 aliphatic rings. The summed E-state index contributed by atoms with van der Waals surface area (Å²) in [4.78, 5) is 26.1. The van der Waals surface area contributed by atoms with E-state index in [2.05, 4.69) is 26.1 Å². The fraction of sp³-hybridized carbons (Fsp3) is 0.520. The molecule has 0 amide bonds. The number of allylic oxidation sites excluding steroid dienone is 3. The van der Waals surface area contributed by atoms with Gasteiger partial charge in [0.1, 0.15) is 5.75 Å². The Hall–Kier alpha value is -2.56. The average Bonchev–Trinajstić information content (AvgIpc) is 2.67. The smallest absolute Gasteiger partial charge is 0.336 e. The van der Waals surface area contributed by atoms with Crippen molar-refractivity contribution in [2.45, 2.75) is 66.2 Å². The van der Waals surface area contributed by atoms with Gasteiger partial charge in [0.05, 0.1) is 18.8 Å². The Morgan fingerprint density at radius 2 is 1.87 bits per heavy atom. The predicted octanol–water partition coefficient (Wildman–Crippen LogP) is 5.03. The van der Waals surface area contributed by atoms with Gasteiger partial charge in [-0.2, -0.15) is 0 Å². The van der Waals surface area contributed by atoms with Crippen LogP contribution in [0.3, 0.4) is 0 Å². The van der Waals surface area contributed by atoms with Crippen LogP contribution in [-0.2, 0) is 14.3 Å².